The molecule has 132 valence electrons. The fourth-order valence-corrected chi connectivity index (χ4v) is 4.24. The summed E-state index contributed by atoms with van der Waals surface area (Å²) in [5.74, 6) is 1.79. The first kappa shape index (κ1) is 16.1. The molecule has 2 unspecified atom stereocenters. The molecule has 2 aliphatic rings. The topological polar surface area (TPSA) is 68.5 Å². The highest BCUT2D eigenvalue weighted by Gasteiger charge is 2.44. The summed E-state index contributed by atoms with van der Waals surface area (Å²) >= 11 is 0. The van der Waals surface area contributed by atoms with Crippen LogP contribution in [0.15, 0.2) is 29.0 Å². The zero-order valence-corrected chi connectivity index (χ0v) is 14.6. The number of fused-ring (bicyclic) bond motifs is 2. The van der Waals surface area contributed by atoms with Crippen molar-refractivity contribution in [3.05, 3.63) is 41.5 Å². The van der Waals surface area contributed by atoms with Crippen molar-refractivity contribution in [1.82, 2.24) is 15.0 Å². The van der Waals surface area contributed by atoms with Crippen LogP contribution in [0.4, 0.5) is 0 Å². The Kier molecular flexibility index (Phi) is 4.19. The van der Waals surface area contributed by atoms with Crippen molar-refractivity contribution in [2.75, 3.05) is 0 Å². The first-order valence-corrected chi connectivity index (χ1v) is 8.91. The van der Waals surface area contributed by atoms with Crippen LogP contribution in [0, 0.1) is 13.8 Å². The minimum Gasteiger partial charge on any atom is -0.490 e. The van der Waals surface area contributed by atoms with Gasteiger partial charge >= 0.3 is 0 Å². The van der Waals surface area contributed by atoms with Crippen LogP contribution in [-0.4, -0.2) is 39.1 Å². The molecule has 0 radical (unpaired) electrons. The lowest BCUT2D eigenvalue weighted by atomic mass is 9.98. The van der Waals surface area contributed by atoms with Crippen LogP contribution in [-0.2, 0) is 11.2 Å². The third kappa shape index (κ3) is 3.13. The molecule has 6 nitrogen and oxygen atoms in total. The number of hydrogen-bond donors (Lipinski definition) is 0. The van der Waals surface area contributed by atoms with Crippen LogP contribution in [0.1, 0.15) is 42.7 Å². The van der Waals surface area contributed by atoms with E-state index in [1.165, 1.54) is 0 Å². The van der Waals surface area contributed by atoms with E-state index in [1.807, 2.05) is 26.0 Å². The molecule has 4 heterocycles. The molecule has 0 aliphatic carbocycles. The number of pyridine rings is 1. The smallest absolute Gasteiger partial charge is 0.227 e. The lowest BCUT2D eigenvalue weighted by Crippen LogP contribution is -2.49. The molecular weight excluding hydrogens is 318 g/mol. The van der Waals surface area contributed by atoms with Crippen molar-refractivity contribution in [1.29, 1.82) is 0 Å². The lowest BCUT2D eigenvalue weighted by molar-refractivity contribution is -0.136. The predicted molar refractivity (Wildman–Crippen MR) is 91.2 cm³/mol. The summed E-state index contributed by atoms with van der Waals surface area (Å²) in [5.41, 5.74) is 1.74. The summed E-state index contributed by atoms with van der Waals surface area (Å²) in [5, 5.41) is 3.96. The second kappa shape index (κ2) is 6.50. The summed E-state index contributed by atoms with van der Waals surface area (Å²) in [6.45, 7) is 3.76. The molecule has 2 fully saturated rings. The number of amides is 1. The molecule has 0 spiro atoms. The van der Waals surface area contributed by atoms with E-state index in [1.54, 1.807) is 12.4 Å². The van der Waals surface area contributed by atoms with Gasteiger partial charge in [0.05, 0.1) is 12.1 Å². The van der Waals surface area contributed by atoms with Crippen LogP contribution in [0.5, 0.6) is 5.75 Å². The van der Waals surface area contributed by atoms with Gasteiger partial charge in [-0.2, -0.15) is 0 Å². The van der Waals surface area contributed by atoms with E-state index in [0.717, 1.165) is 48.5 Å². The zero-order valence-electron chi connectivity index (χ0n) is 14.6. The highest BCUT2D eigenvalue weighted by atomic mass is 16.5. The number of rotatable bonds is 4. The number of aromatic nitrogens is 2. The largest absolute Gasteiger partial charge is 0.490 e. The number of piperidine rings is 1. The maximum Gasteiger partial charge on any atom is 0.227 e. The Morgan fingerprint density at radius 2 is 1.92 bits per heavy atom. The predicted octanol–water partition coefficient (Wildman–Crippen LogP) is 2.83. The van der Waals surface area contributed by atoms with E-state index in [2.05, 4.69) is 15.0 Å². The minimum atomic E-state index is 0.169. The fourth-order valence-electron chi connectivity index (χ4n) is 4.24. The average Bonchev–Trinajstić information content (AvgIpc) is 3.06. The average molecular weight is 341 g/mol. The number of carbonyl (C=O) groups excluding carboxylic acids is 1. The first-order chi connectivity index (χ1) is 12.1. The van der Waals surface area contributed by atoms with Gasteiger partial charge in [-0.25, -0.2) is 0 Å². The van der Waals surface area contributed by atoms with Gasteiger partial charge in [-0.3, -0.25) is 9.78 Å². The van der Waals surface area contributed by atoms with E-state index >= 15 is 0 Å². The van der Waals surface area contributed by atoms with E-state index in [0.29, 0.717) is 6.42 Å². The van der Waals surface area contributed by atoms with Crippen molar-refractivity contribution in [3.8, 4) is 5.75 Å². The molecule has 2 bridgehead atoms. The molecule has 2 atom stereocenters. The van der Waals surface area contributed by atoms with Gasteiger partial charge in [0, 0.05) is 42.9 Å². The molecule has 2 saturated heterocycles. The Labute approximate surface area is 147 Å². The van der Waals surface area contributed by atoms with Gasteiger partial charge in [0.15, 0.2) is 0 Å². The van der Waals surface area contributed by atoms with Crippen molar-refractivity contribution < 1.29 is 14.1 Å². The molecule has 0 saturated carbocycles. The van der Waals surface area contributed by atoms with Gasteiger partial charge in [-0.05, 0) is 38.8 Å². The van der Waals surface area contributed by atoms with Crippen LogP contribution in [0.2, 0.25) is 0 Å². The monoisotopic (exact) mass is 341 g/mol. The molecule has 0 aromatic carbocycles. The van der Waals surface area contributed by atoms with Crippen LogP contribution in [0.25, 0.3) is 0 Å². The van der Waals surface area contributed by atoms with Crippen molar-refractivity contribution in [2.24, 2.45) is 0 Å². The number of carbonyl (C=O) groups is 1. The molecule has 4 rings (SSSR count). The Hall–Kier alpha value is -2.37. The molecule has 2 aromatic heterocycles. The first-order valence-electron chi connectivity index (χ1n) is 8.91. The fraction of sp³-hybridized carbons (Fsp3) is 0.526. The Bertz CT molecular complexity index is 725. The van der Waals surface area contributed by atoms with Crippen molar-refractivity contribution >= 4 is 5.91 Å². The molecule has 25 heavy (non-hydrogen) atoms. The number of nitrogens with zero attached hydrogens (tertiary/aromatic N) is 3. The standard InChI is InChI=1S/C19H23N3O3/c1-12-18(13(2)25-21-12)11-19(23)22-14-3-4-15(22)10-17(9-14)24-16-5-7-20-8-6-16/h5-8,14-15,17H,3-4,9-11H2,1-2H3. The molecular formula is C19H23N3O3. The second-order valence-corrected chi connectivity index (χ2v) is 7.06. The number of ether oxygens (including phenoxy) is 1. The third-order valence-corrected chi connectivity index (χ3v) is 5.44. The van der Waals surface area contributed by atoms with Gasteiger partial charge < -0.3 is 14.2 Å². The summed E-state index contributed by atoms with van der Waals surface area (Å²) in [4.78, 5) is 19.0. The highest BCUT2D eigenvalue weighted by molar-refractivity contribution is 5.80. The van der Waals surface area contributed by atoms with E-state index in [-0.39, 0.29) is 24.1 Å². The quantitative estimate of drug-likeness (QED) is 0.855. The molecule has 2 aromatic rings. The van der Waals surface area contributed by atoms with E-state index in [4.69, 9.17) is 9.26 Å². The Morgan fingerprint density at radius 1 is 1.24 bits per heavy atom. The van der Waals surface area contributed by atoms with Crippen molar-refractivity contribution in [2.45, 2.75) is 64.1 Å². The van der Waals surface area contributed by atoms with Gasteiger partial charge in [0.25, 0.3) is 0 Å². The molecule has 0 N–H and O–H groups in total. The number of hydrogen-bond acceptors (Lipinski definition) is 5. The van der Waals surface area contributed by atoms with Crippen LogP contribution < -0.4 is 4.74 Å². The molecule has 6 heteroatoms. The maximum atomic E-state index is 12.9. The van der Waals surface area contributed by atoms with Gasteiger partial charge in [-0.1, -0.05) is 5.16 Å². The SMILES string of the molecule is Cc1noc(C)c1CC(=O)N1C2CCC1CC(Oc1ccncc1)C2. The van der Waals surface area contributed by atoms with Gasteiger partial charge in [-0.15, -0.1) is 0 Å². The third-order valence-electron chi connectivity index (χ3n) is 5.44. The summed E-state index contributed by atoms with van der Waals surface area (Å²) in [6, 6.07) is 4.32. The molecule has 1 amide bonds. The van der Waals surface area contributed by atoms with Crippen LogP contribution >= 0.6 is 0 Å². The van der Waals surface area contributed by atoms with Crippen molar-refractivity contribution in [3.63, 3.8) is 0 Å². The summed E-state index contributed by atoms with van der Waals surface area (Å²) < 4.78 is 11.3. The Morgan fingerprint density at radius 3 is 2.52 bits per heavy atom. The number of aryl methyl sites for hydroxylation is 2. The minimum absolute atomic E-state index is 0.169. The van der Waals surface area contributed by atoms with Gasteiger partial charge in [0.2, 0.25) is 5.91 Å². The highest BCUT2D eigenvalue weighted by Crippen LogP contribution is 2.37. The van der Waals surface area contributed by atoms with E-state index < -0.39 is 0 Å². The summed E-state index contributed by atoms with van der Waals surface area (Å²) in [6.07, 6.45) is 7.95. The maximum absolute atomic E-state index is 12.9. The van der Waals surface area contributed by atoms with Crippen LogP contribution in [0.3, 0.4) is 0 Å². The second-order valence-electron chi connectivity index (χ2n) is 7.06. The summed E-state index contributed by atoms with van der Waals surface area (Å²) in [7, 11) is 0. The van der Waals surface area contributed by atoms with E-state index in [9.17, 15) is 4.79 Å². The molecule has 2 aliphatic heterocycles. The van der Waals surface area contributed by atoms with Gasteiger partial charge in [0.1, 0.15) is 17.6 Å². The zero-order chi connectivity index (χ0) is 17.4. The Balaban J connectivity index is 1.43. The normalized spacial score (nSPS) is 25.2. The lowest BCUT2D eigenvalue weighted by Gasteiger charge is -2.39.